The molecule has 0 bridgehead atoms. The highest BCUT2D eigenvalue weighted by atomic mass is 35.5. The van der Waals surface area contributed by atoms with Gasteiger partial charge < -0.3 is 14.0 Å². The first-order valence-electron chi connectivity index (χ1n) is 11.7. The molecular weight excluding hydrogens is 472 g/mol. The molecule has 1 fully saturated rings. The number of hydrogen-bond donors (Lipinski definition) is 1. The van der Waals surface area contributed by atoms with Crippen LogP contribution >= 0.6 is 11.6 Å². The van der Waals surface area contributed by atoms with Crippen LogP contribution in [0.5, 0.6) is 5.75 Å². The molecule has 3 heterocycles. The van der Waals surface area contributed by atoms with Crippen LogP contribution in [-0.4, -0.2) is 50.0 Å². The van der Waals surface area contributed by atoms with Gasteiger partial charge in [-0.15, -0.1) is 0 Å². The summed E-state index contributed by atoms with van der Waals surface area (Å²) in [5, 5.41) is 4.26. The summed E-state index contributed by atoms with van der Waals surface area (Å²) in [5.74, 6) is 1.60. The van der Waals surface area contributed by atoms with E-state index in [0.29, 0.717) is 41.2 Å². The van der Waals surface area contributed by atoms with Crippen LogP contribution in [-0.2, 0) is 11.3 Å². The fourth-order valence-electron chi connectivity index (χ4n) is 4.57. The molecule has 35 heavy (non-hydrogen) atoms. The molecule has 10 nitrogen and oxygen atoms in total. The van der Waals surface area contributed by atoms with Crippen molar-refractivity contribution in [2.24, 2.45) is 11.8 Å². The number of rotatable bonds is 8. The number of hydrogen-bond acceptors (Lipinski definition) is 8. The van der Waals surface area contributed by atoms with E-state index in [2.05, 4.69) is 36.1 Å². The van der Waals surface area contributed by atoms with Crippen molar-refractivity contribution in [1.29, 1.82) is 0 Å². The number of benzene rings is 1. The van der Waals surface area contributed by atoms with Crippen LogP contribution in [0.4, 0.5) is 0 Å². The Kier molecular flexibility index (Phi) is 6.83. The van der Waals surface area contributed by atoms with Gasteiger partial charge in [-0.05, 0) is 42.9 Å². The van der Waals surface area contributed by atoms with E-state index in [-0.39, 0.29) is 11.6 Å². The second-order valence-electron chi connectivity index (χ2n) is 9.05. The van der Waals surface area contributed by atoms with Crippen molar-refractivity contribution in [3.63, 3.8) is 0 Å². The fourth-order valence-corrected chi connectivity index (χ4v) is 4.79. The minimum Gasteiger partial charge on any atom is -0.491 e. The highest BCUT2D eigenvalue weighted by Crippen LogP contribution is 2.35. The van der Waals surface area contributed by atoms with E-state index in [4.69, 9.17) is 26.1 Å². The lowest BCUT2D eigenvalue weighted by atomic mass is 9.83. The van der Waals surface area contributed by atoms with Gasteiger partial charge in [-0.3, -0.25) is 9.51 Å². The number of H-pyrrole nitrogens is 1. The third-order valence-corrected chi connectivity index (χ3v) is 6.63. The van der Waals surface area contributed by atoms with Gasteiger partial charge in [-0.25, -0.2) is 19.7 Å². The number of methoxy groups -OCH3 is 1. The molecule has 0 aliphatic heterocycles. The zero-order chi connectivity index (χ0) is 24.4. The average molecular weight is 499 g/mol. The van der Waals surface area contributed by atoms with Crippen molar-refractivity contribution in [2.45, 2.75) is 39.2 Å². The number of halogens is 1. The number of aromatic amines is 1. The molecule has 0 spiro atoms. The first-order valence-corrected chi connectivity index (χ1v) is 12.1. The lowest BCUT2D eigenvalue weighted by molar-refractivity contribution is 0.146. The molecule has 4 aromatic rings. The Balaban J connectivity index is 1.60. The van der Waals surface area contributed by atoms with Crippen LogP contribution in [0.1, 0.15) is 32.6 Å². The molecule has 3 aromatic heterocycles. The zero-order valence-corrected chi connectivity index (χ0v) is 20.4. The maximum Gasteiger partial charge on any atom is 0.439 e. The van der Waals surface area contributed by atoms with E-state index in [0.717, 1.165) is 23.5 Å². The van der Waals surface area contributed by atoms with Gasteiger partial charge in [0.05, 0.1) is 12.9 Å². The van der Waals surface area contributed by atoms with Crippen LogP contribution in [0.3, 0.4) is 0 Å². The van der Waals surface area contributed by atoms with Crippen LogP contribution in [0.15, 0.2) is 33.8 Å². The normalized spacial score (nSPS) is 18.3. The quantitative estimate of drug-likeness (QED) is 0.356. The van der Waals surface area contributed by atoms with Crippen molar-refractivity contribution in [1.82, 2.24) is 29.7 Å². The lowest BCUT2D eigenvalue weighted by Gasteiger charge is -2.26. The molecule has 1 saturated carbocycles. The summed E-state index contributed by atoms with van der Waals surface area (Å²) in [6.07, 6.45) is 6.65. The Morgan fingerprint density at radius 2 is 2.00 bits per heavy atom. The van der Waals surface area contributed by atoms with Crippen molar-refractivity contribution < 1.29 is 14.0 Å². The molecule has 1 N–H and O–H groups in total. The molecule has 1 aliphatic rings. The van der Waals surface area contributed by atoms with Gasteiger partial charge in [-0.1, -0.05) is 36.5 Å². The van der Waals surface area contributed by atoms with Crippen molar-refractivity contribution >= 4 is 22.8 Å². The van der Waals surface area contributed by atoms with E-state index in [9.17, 15) is 4.79 Å². The SMILES string of the molecule is COCCOc1cc(Cl)cc(-c2nc(-c3noc(=O)[nH]3)nc3ncn(CC4CCC(C)CC4)c23)c1. The van der Waals surface area contributed by atoms with E-state index in [1.807, 2.05) is 12.1 Å². The predicted octanol–water partition coefficient (Wildman–Crippen LogP) is 4.34. The van der Waals surface area contributed by atoms with E-state index < -0.39 is 5.76 Å². The van der Waals surface area contributed by atoms with Crippen molar-refractivity contribution in [3.8, 4) is 28.7 Å². The van der Waals surface area contributed by atoms with Crippen LogP contribution in [0.25, 0.3) is 34.1 Å². The standard InChI is InChI=1S/C24H27ClN6O4/c1-14-3-5-15(6-4-14)12-31-13-26-21-20(31)19(27-22(28-21)23-29-24(32)35-30-23)16-9-17(25)11-18(10-16)34-8-7-33-2/h9-11,13-15H,3-8,12H2,1-2H3,(H,29,30,32). The monoisotopic (exact) mass is 498 g/mol. The molecule has 0 saturated heterocycles. The summed E-state index contributed by atoms with van der Waals surface area (Å²) in [7, 11) is 1.62. The fraction of sp³-hybridized carbons (Fsp3) is 0.458. The number of aromatic nitrogens is 6. The predicted molar refractivity (Wildman–Crippen MR) is 130 cm³/mol. The van der Waals surface area contributed by atoms with Gasteiger partial charge in [0, 0.05) is 24.2 Å². The van der Waals surface area contributed by atoms with Gasteiger partial charge in [0.25, 0.3) is 0 Å². The molecule has 11 heteroatoms. The molecule has 0 amide bonds. The van der Waals surface area contributed by atoms with E-state index in [1.165, 1.54) is 25.7 Å². The Morgan fingerprint density at radius 1 is 1.17 bits per heavy atom. The summed E-state index contributed by atoms with van der Waals surface area (Å²) in [6.45, 7) is 3.99. The van der Waals surface area contributed by atoms with Gasteiger partial charge >= 0.3 is 5.76 Å². The number of nitrogens with one attached hydrogen (secondary N) is 1. The van der Waals surface area contributed by atoms with Gasteiger partial charge in [0.15, 0.2) is 5.65 Å². The number of imidazole rings is 1. The Hall–Kier alpha value is -3.24. The zero-order valence-electron chi connectivity index (χ0n) is 19.7. The lowest BCUT2D eigenvalue weighted by Crippen LogP contribution is -2.17. The first-order chi connectivity index (χ1) is 17.0. The average Bonchev–Trinajstić information content (AvgIpc) is 3.46. The summed E-state index contributed by atoms with van der Waals surface area (Å²) < 4.78 is 17.7. The van der Waals surface area contributed by atoms with Gasteiger partial charge in [0.2, 0.25) is 11.6 Å². The van der Waals surface area contributed by atoms with Gasteiger partial charge in [-0.2, -0.15) is 0 Å². The highest BCUT2D eigenvalue weighted by Gasteiger charge is 2.23. The number of ether oxygens (including phenoxy) is 2. The van der Waals surface area contributed by atoms with Crippen LogP contribution in [0, 0.1) is 11.8 Å². The van der Waals surface area contributed by atoms with Crippen LogP contribution < -0.4 is 10.5 Å². The molecule has 5 rings (SSSR count). The minimum atomic E-state index is -0.682. The minimum absolute atomic E-state index is 0.132. The Bertz CT molecular complexity index is 1370. The summed E-state index contributed by atoms with van der Waals surface area (Å²) in [5.41, 5.74) is 2.65. The number of nitrogens with zero attached hydrogens (tertiary/aromatic N) is 5. The molecule has 1 aliphatic carbocycles. The highest BCUT2D eigenvalue weighted by molar-refractivity contribution is 6.31. The summed E-state index contributed by atoms with van der Waals surface area (Å²) in [4.78, 5) is 27.9. The molecule has 0 radical (unpaired) electrons. The maximum absolute atomic E-state index is 11.5. The second kappa shape index (κ2) is 10.2. The third kappa shape index (κ3) is 5.23. The molecular formula is C24H27ClN6O4. The molecule has 0 atom stereocenters. The molecule has 184 valence electrons. The first kappa shape index (κ1) is 23.5. The largest absolute Gasteiger partial charge is 0.491 e. The van der Waals surface area contributed by atoms with Crippen molar-refractivity contribution in [2.75, 3.05) is 20.3 Å². The van der Waals surface area contributed by atoms with Crippen LogP contribution in [0.2, 0.25) is 5.02 Å². The summed E-state index contributed by atoms with van der Waals surface area (Å²) in [6, 6.07) is 5.44. The van der Waals surface area contributed by atoms with E-state index >= 15 is 0 Å². The third-order valence-electron chi connectivity index (χ3n) is 6.42. The van der Waals surface area contributed by atoms with Gasteiger partial charge in [0.1, 0.15) is 23.6 Å². The van der Waals surface area contributed by atoms with Crippen molar-refractivity contribution in [3.05, 3.63) is 40.1 Å². The topological polar surface area (TPSA) is 121 Å². The smallest absolute Gasteiger partial charge is 0.439 e. The maximum atomic E-state index is 11.5. The second-order valence-corrected chi connectivity index (χ2v) is 9.49. The van der Waals surface area contributed by atoms with E-state index in [1.54, 1.807) is 19.5 Å². The Labute approximate surface area is 206 Å². The Morgan fingerprint density at radius 3 is 2.74 bits per heavy atom. The number of fused-ring (bicyclic) bond motifs is 1. The molecule has 1 aromatic carbocycles. The molecule has 0 unspecified atom stereocenters. The summed E-state index contributed by atoms with van der Waals surface area (Å²) >= 11 is 6.46.